The molecule has 0 saturated carbocycles. The fourth-order valence-corrected chi connectivity index (χ4v) is 3.66. The number of urea groups is 1. The molecule has 2 aromatic rings. The van der Waals surface area contributed by atoms with Crippen LogP contribution in [0.15, 0.2) is 53.4 Å². The highest BCUT2D eigenvalue weighted by Crippen LogP contribution is 2.13. The van der Waals surface area contributed by atoms with Gasteiger partial charge in [0.1, 0.15) is 0 Å². The SMILES string of the molecule is CCC(C)NS(=O)(=O)c1ccc(C(=O)NCc2ccc(NC(N)=O)cc2)cc1. The van der Waals surface area contributed by atoms with Crippen LogP contribution in [0.4, 0.5) is 10.5 Å². The Hall–Kier alpha value is -2.91. The molecule has 2 rings (SSSR count). The number of benzene rings is 2. The standard InChI is InChI=1S/C19H24N4O4S/c1-3-13(2)23-28(26,27)17-10-6-15(7-11-17)18(24)21-12-14-4-8-16(9-5-14)22-19(20)25/h4-11,13,23H,3,12H2,1-2H3,(H,21,24)(H3,20,22,25). The Morgan fingerprint density at radius 1 is 1.04 bits per heavy atom. The molecule has 0 radical (unpaired) electrons. The fourth-order valence-electron chi connectivity index (χ4n) is 2.33. The van der Waals surface area contributed by atoms with Crippen LogP contribution in [0.25, 0.3) is 0 Å². The zero-order valence-electron chi connectivity index (χ0n) is 15.7. The Morgan fingerprint density at radius 2 is 1.64 bits per heavy atom. The van der Waals surface area contributed by atoms with Crippen molar-refractivity contribution in [1.82, 2.24) is 10.0 Å². The fraction of sp³-hybridized carbons (Fsp3) is 0.263. The third-order valence-electron chi connectivity index (χ3n) is 4.07. The third kappa shape index (κ3) is 6.07. The van der Waals surface area contributed by atoms with Crippen LogP contribution < -0.4 is 21.1 Å². The Kier molecular flexibility index (Phi) is 7.13. The lowest BCUT2D eigenvalue weighted by atomic mass is 10.2. The van der Waals surface area contributed by atoms with Crippen LogP contribution in [-0.4, -0.2) is 26.4 Å². The molecular formula is C19H24N4O4S. The molecule has 5 N–H and O–H groups in total. The van der Waals surface area contributed by atoms with E-state index in [-0.39, 0.29) is 23.4 Å². The second kappa shape index (κ2) is 9.34. The van der Waals surface area contributed by atoms with Crippen LogP contribution in [0.3, 0.4) is 0 Å². The second-order valence-electron chi connectivity index (χ2n) is 6.32. The minimum Gasteiger partial charge on any atom is -0.351 e. The van der Waals surface area contributed by atoms with Gasteiger partial charge < -0.3 is 16.4 Å². The van der Waals surface area contributed by atoms with Gasteiger partial charge in [0.25, 0.3) is 5.91 Å². The van der Waals surface area contributed by atoms with Crippen molar-refractivity contribution >= 4 is 27.6 Å². The van der Waals surface area contributed by atoms with E-state index in [1.807, 2.05) is 6.92 Å². The van der Waals surface area contributed by atoms with Crippen molar-refractivity contribution in [3.8, 4) is 0 Å². The number of sulfonamides is 1. The molecule has 1 atom stereocenters. The number of primary amides is 1. The van der Waals surface area contributed by atoms with Gasteiger partial charge in [0.05, 0.1) is 4.90 Å². The van der Waals surface area contributed by atoms with Crippen molar-refractivity contribution in [2.45, 2.75) is 37.8 Å². The Morgan fingerprint density at radius 3 is 2.18 bits per heavy atom. The van der Waals surface area contributed by atoms with Crippen LogP contribution in [0.2, 0.25) is 0 Å². The van der Waals surface area contributed by atoms with Crippen LogP contribution in [0, 0.1) is 0 Å². The molecule has 0 heterocycles. The molecule has 0 spiro atoms. The summed E-state index contributed by atoms with van der Waals surface area (Å²) in [5.41, 5.74) is 6.79. The van der Waals surface area contributed by atoms with Gasteiger partial charge in [-0.15, -0.1) is 0 Å². The summed E-state index contributed by atoms with van der Waals surface area (Å²) < 4.78 is 27.1. The number of nitrogens with two attached hydrogens (primary N) is 1. The number of nitrogens with one attached hydrogen (secondary N) is 3. The number of hydrogen-bond acceptors (Lipinski definition) is 4. The molecule has 150 valence electrons. The van der Waals surface area contributed by atoms with E-state index in [9.17, 15) is 18.0 Å². The lowest BCUT2D eigenvalue weighted by Crippen LogP contribution is -2.32. The molecule has 0 fully saturated rings. The molecule has 0 bridgehead atoms. The van der Waals surface area contributed by atoms with E-state index in [4.69, 9.17) is 5.73 Å². The summed E-state index contributed by atoms with van der Waals surface area (Å²) in [4.78, 5) is 23.2. The Balaban J connectivity index is 1.97. The molecule has 8 nitrogen and oxygen atoms in total. The quantitative estimate of drug-likeness (QED) is 0.537. The molecule has 0 aliphatic rings. The number of anilines is 1. The summed E-state index contributed by atoms with van der Waals surface area (Å²) in [6.07, 6.45) is 0.680. The predicted molar refractivity (Wildman–Crippen MR) is 107 cm³/mol. The van der Waals surface area contributed by atoms with E-state index in [0.717, 1.165) is 5.56 Å². The average Bonchev–Trinajstić information content (AvgIpc) is 2.66. The van der Waals surface area contributed by atoms with E-state index < -0.39 is 16.1 Å². The van der Waals surface area contributed by atoms with Crippen molar-refractivity contribution in [2.24, 2.45) is 5.73 Å². The molecule has 9 heteroatoms. The van der Waals surface area contributed by atoms with E-state index >= 15 is 0 Å². The minimum absolute atomic E-state index is 0.113. The maximum atomic E-state index is 12.3. The summed E-state index contributed by atoms with van der Waals surface area (Å²) >= 11 is 0. The summed E-state index contributed by atoms with van der Waals surface area (Å²) in [5.74, 6) is -0.321. The van der Waals surface area contributed by atoms with Gasteiger partial charge in [-0.25, -0.2) is 17.9 Å². The largest absolute Gasteiger partial charge is 0.351 e. The van der Waals surface area contributed by atoms with Gasteiger partial charge in [-0.2, -0.15) is 0 Å². The predicted octanol–water partition coefficient (Wildman–Crippen LogP) is 2.18. The highest BCUT2D eigenvalue weighted by atomic mass is 32.2. The van der Waals surface area contributed by atoms with Gasteiger partial charge in [0.2, 0.25) is 10.0 Å². The maximum Gasteiger partial charge on any atom is 0.316 e. The lowest BCUT2D eigenvalue weighted by molar-refractivity contribution is 0.0950. The Labute approximate surface area is 164 Å². The van der Waals surface area contributed by atoms with Gasteiger partial charge in [0, 0.05) is 23.8 Å². The van der Waals surface area contributed by atoms with Crippen molar-refractivity contribution in [1.29, 1.82) is 0 Å². The van der Waals surface area contributed by atoms with Crippen molar-refractivity contribution in [2.75, 3.05) is 5.32 Å². The molecule has 0 aliphatic heterocycles. The first-order valence-corrected chi connectivity index (χ1v) is 10.3. The first-order chi connectivity index (χ1) is 13.2. The molecular weight excluding hydrogens is 380 g/mol. The third-order valence-corrected chi connectivity index (χ3v) is 5.68. The number of carbonyl (C=O) groups excluding carboxylic acids is 2. The van der Waals surface area contributed by atoms with E-state index in [0.29, 0.717) is 17.7 Å². The van der Waals surface area contributed by atoms with Crippen LogP contribution in [0.1, 0.15) is 36.2 Å². The summed E-state index contributed by atoms with van der Waals surface area (Å²) in [5, 5.41) is 5.21. The highest BCUT2D eigenvalue weighted by molar-refractivity contribution is 7.89. The highest BCUT2D eigenvalue weighted by Gasteiger charge is 2.17. The molecule has 2 aromatic carbocycles. The maximum absolute atomic E-state index is 12.3. The molecule has 0 aromatic heterocycles. The smallest absolute Gasteiger partial charge is 0.316 e. The molecule has 28 heavy (non-hydrogen) atoms. The van der Waals surface area contributed by atoms with E-state index in [1.54, 1.807) is 31.2 Å². The van der Waals surface area contributed by atoms with Crippen LogP contribution in [-0.2, 0) is 16.6 Å². The van der Waals surface area contributed by atoms with Gasteiger partial charge in [-0.05, 0) is 55.3 Å². The van der Waals surface area contributed by atoms with Gasteiger partial charge in [-0.1, -0.05) is 19.1 Å². The van der Waals surface area contributed by atoms with Crippen LogP contribution >= 0.6 is 0 Å². The van der Waals surface area contributed by atoms with Gasteiger partial charge >= 0.3 is 6.03 Å². The first-order valence-electron chi connectivity index (χ1n) is 8.77. The average molecular weight is 404 g/mol. The number of hydrogen-bond donors (Lipinski definition) is 4. The summed E-state index contributed by atoms with van der Waals surface area (Å²) in [6.45, 7) is 3.96. The van der Waals surface area contributed by atoms with Crippen LogP contribution in [0.5, 0.6) is 0 Å². The normalized spacial score (nSPS) is 12.2. The number of carbonyl (C=O) groups is 2. The topological polar surface area (TPSA) is 130 Å². The van der Waals surface area contributed by atoms with Gasteiger partial charge in [0.15, 0.2) is 0 Å². The minimum atomic E-state index is -3.60. The lowest BCUT2D eigenvalue weighted by Gasteiger charge is -2.12. The number of amides is 3. The zero-order valence-corrected chi connectivity index (χ0v) is 16.5. The molecule has 0 aliphatic carbocycles. The number of rotatable bonds is 8. The molecule has 1 unspecified atom stereocenters. The second-order valence-corrected chi connectivity index (χ2v) is 8.04. The Bertz CT molecular complexity index is 925. The summed E-state index contributed by atoms with van der Waals surface area (Å²) in [6, 6.07) is 11.8. The van der Waals surface area contributed by atoms with E-state index in [2.05, 4.69) is 15.4 Å². The van der Waals surface area contributed by atoms with Crippen molar-refractivity contribution in [3.05, 3.63) is 59.7 Å². The monoisotopic (exact) mass is 404 g/mol. The van der Waals surface area contributed by atoms with Crippen molar-refractivity contribution in [3.63, 3.8) is 0 Å². The first kappa shape index (κ1) is 21.4. The molecule has 3 amide bonds. The summed E-state index contributed by atoms with van der Waals surface area (Å²) in [7, 11) is -3.60. The van der Waals surface area contributed by atoms with Gasteiger partial charge in [-0.3, -0.25) is 4.79 Å². The van der Waals surface area contributed by atoms with E-state index in [1.165, 1.54) is 24.3 Å². The van der Waals surface area contributed by atoms with Crippen molar-refractivity contribution < 1.29 is 18.0 Å². The zero-order chi connectivity index (χ0) is 20.7. The molecule has 0 saturated heterocycles.